The van der Waals surface area contributed by atoms with Crippen LogP contribution in [-0.4, -0.2) is 24.4 Å². The van der Waals surface area contributed by atoms with E-state index in [9.17, 15) is 9.59 Å². The molecule has 1 fully saturated rings. The zero-order valence-corrected chi connectivity index (χ0v) is 15.1. The lowest BCUT2D eigenvalue weighted by Gasteiger charge is -2.26. The molecule has 0 heterocycles. The Balaban J connectivity index is 2.04. The number of hydrogen-bond acceptors (Lipinski definition) is 3. The van der Waals surface area contributed by atoms with Gasteiger partial charge in [-0.25, -0.2) is 0 Å². The Labute approximate surface area is 150 Å². The Morgan fingerprint density at radius 2 is 2.04 bits per heavy atom. The van der Waals surface area contributed by atoms with Gasteiger partial charge in [-0.2, -0.15) is 5.26 Å². The molecule has 1 aromatic carbocycles. The van der Waals surface area contributed by atoms with E-state index in [1.807, 2.05) is 12.1 Å². The zero-order chi connectivity index (χ0) is 17.4. The molecule has 0 unspecified atom stereocenters. The summed E-state index contributed by atoms with van der Waals surface area (Å²) in [7, 11) is 0. The highest BCUT2D eigenvalue weighted by atomic mass is 79.9. The first-order valence-corrected chi connectivity index (χ1v) is 9.10. The quantitative estimate of drug-likeness (QED) is 0.730. The van der Waals surface area contributed by atoms with Crippen molar-refractivity contribution >= 4 is 27.7 Å². The second-order valence-electron chi connectivity index (χ2n) is 6.15. The van der Waals surface area contributed by atoms with Crippen molar-refractivity contribution in [2.75, 3.05) is 6.54 Å². The minimum absolute atomic E-state index is 0.0489. The maximum absolute atomic E-state index is 12.5. The van der Waals surface area contributed by atoms with E-state index in [1.165, 1.54) is 19.3 Å². The number of benzene rings is 1. The van der Waals surface area contributed by atoms with Gasteiger partial charge >= 0.3 is 0 Å². The molecular formula is C18H22BrN3O2. The van der Waals surface area contributed by atoms with Crippen LogP contribution in [0.25, 0.3) is 0 Å². The van der Waals surface area contributed by atoms with Crippen molar-refractivity contribution in [3.63, 3.8) is 0 Å². The monoisotopic (exact) mass is 391 g/mol. The Kier molecular flexibility index (Phi) is 7.26. The van der Waals surface area contributed by atoms with Crippen LogP contribution in [0, 0.1) is 17.2 Å². The lowest BCUT2D eigenvalue weighted by atomic mass is 9.84. The summed E-state index contributed by atoms with van der Waals surface area (Å²) in [4.78, 5) is 24.8. The maximum atomic E-state index is 12.5. The molecule has 1 saturated carbocycles. The van der Waals surface area contributed by atoms with Gasteiger partial charge in [-0.15, -0.1) is 0 Å². The largest absolute Gasteiger partial charge is 0.341 e. The second kappa shape index (κ2) is 9.43. The molecule has 0 bridgehead atoms. The van der Waals surface area contributed by atoms with Crippen LogP contribution in [0.3, 0.4) is 0 Å². The van der Waals surface area contributed by atoms with Crippen LogP contribution in [0.15, 0.2) is 28.7 Å². The first-order valence-electron chi connectivity index (χ1n) is 8.31. The highest BCUT2D eigenvalue weighted by molar-refractivity contribution is 9.10. The van der Waals surface area contributed by atoms with E-state index < -0.39 is 6.04 Å². The highest BCUT2D eigenvalue weighted by Crippen LogP contribution is 2.27. The Hall–Kier alpha value is -1.87. The second-order valence-corrected chi connectivity index (χ2v) is 7.07. The summed E-state index contributed by atoms with van der Waals surface area (Å²) in [5.41, 5.74) is 0.506. The minimum atomic E-state index is -0.604. The average Bonchev–Trinajstić information content (AvgIpc) is 2.60. The number of nitriles is 1. The van der Waals surface area contributed by atoms with Crippen molar-refractivity contribution in [1.29, 1.82) is 5.26 Å². The molecule has 5 nitrogen and oxygen atoms in total. The van der Waals surface area contributed by atoms with Gasteiger partial charge in [0.1, 0.15) is 12.6 Å². The summed E-state index contributed by atoms with van der Waals surface area (Å²) >= 11 is 3.34. The van der Waals surface area contributed by atoms with Gasteiger partial charge in [0, 0.05) is 10.0 Å². The van der Waals surface area contributed by atoms with Gasteiger partial charge in [0.05, 0.1) is 6.07 Å². The van der Waals surface area contributed by atoms with Gasteiger partial charge in [-0.05, 0) is 30.5 Å². The maximum Gasteiger partial charge on any atom is 0.251 e. The number of carbonyl (C=O) groups excluding carboxylic acids is 2. The van der Waals surface area contributed by atoms with Gasteiger partial charge in [0.25, 0.3) is 5.91 Å². The molecule has 6 heteroatoms. The van der Waals surface area contributed by atoms with Crippen molar-refractivity contribution < 1.29 is 9.59 Å². The van der Waals surface area contributed by atoms with E-state index in [1.54, 1.807) is 18.2 Å². The summed E-state index contributed by atoms with van der Waals surface area (Å²) in [5.74, 6) is -0.117. The van der Waals surface area contributed by atoms with Gasteiger partial charge in [-0.1, -0.05) is 54.1 Å². The van der Waals surface area contributed by atoms with Crippen LogP contribution in [0.4, 0.5) is 0 Å². The topological polar surface area (TPSA) is 82.0 Å². The lowest BCUT2D eigenvalue weighted by molar-refractivity contribution is -0.123. The SMILES string of the molecule is N#CCNC(=O)[C@H](CC1CCCCC1)NC(=O)c1cccc(Br)c1. The number of carbonyl (C=O) groups is 2. The van der Waals surface area contributed by atoms with Gasteiger partial charge in [-0.3, -0.25) is 9.59 Å². The fraction of sp³-hybridized carbons (Fsp3) is 0.500. The van der Waals surface area contributed by atoms with E-state index in [0.717, 1.165) is 17.3 Å². The summed E-state index contributed by atoms with van der Waals surface area (Å²) in [6, 6.07) is 8.36. The molecule has 0 aliphatic heterocycles. The van der Waals surface area contributed by atoms with Crippen molar-refractivity contribution in [3.8, 4) is 6.07 Å². The van der Waals surface area contributed by atoms with Crippen molar-refractivity contribution in [2.45, 2.75) is 44.6 Å². The molecule has 0 spiro atoms. The van der Waals surface area contributed by atoms with Crippen molar-refractivity contribution in [1.82, 2.24) is 10.6 Å². The van der Waals surface area contributed by atoms with Crippen LogP contribution < -0.4 is 10.6 Å². The predicted octanol–water partition coefficient (Wildman–Crippen LogP) is 3.16. The van der Waals surface area contributed by atoms with E-state index in [0.29, 0.717) is 17.9 Å². The average molecular weight is 392 g/mol. The van der Waals surface area contributed by atoms with E-state index in [-0.39, 0.29) is 18.4 Å². The fourth-order valence-corrected chi connectivity index (χ4v) is 3.51. The van der Waals surface area contributed by atoms with Crippen LogP contribution in [0.5, 0.6) is 0 Å². The molecule has 128 valence electrons. The molecule has 2 amide bonds. The molecule has 0 saturated heterocycles. The van der Waals surface area contributed by atoms with Gasteiger partial charge in [0.2, 0.25) is 5.91 Å². The van der Waals surface area contributed by atoms with Crippen molar-refractivity contribution in [2.24, 2.45) is 5.92 Å². The normalized spacial score (nSPS) is 16.0. The Morgan fingerprint density at radius 1 is 1.29 bits per heavy atom. The number of halogens is 1. The molecule has 1 aliphatic carbocycles. The van der Waals surface area contributed by atoms with Crippen molar-refractivity contribution in [3.05, 3.63) is 34.3 Å². The highest BCUT2D eigenvalue weighted by Gasteiger charge is 2.26. The Bertz CT molecular complexity index is 621. The first-order chi connectivity index (χ1) is 11.6. The van der Waals surface area contributed by atoms with E-state index in [4.69, 9.17) is 5.26 Å². The number of hydrogen-bond donors (Lipinski definition) is 2. The molecule has 24 heavy (non-hydrogen) atoms. The molecular weight excluding hydrogens is 370 g/mol. The summed E-state index contributed by atoms with van der Waals surface area (Å²) in [6.07, 6.45) is 6.40. The molecule has 2 rings (SSSR count). The van der Waals surface area contributed by atoms with Crippen LogP contribution >= 0.6 is 15.9 Å². The molecule has 1 aliphatic rings. The third-order valence-electron chi connectivity index (χ3n) is 4.34. The molecule has 1 aromatic rings. The number of nitrogens with one attached hydrogen (secondary N) is 2. The smallest absolute Gasteiger partial charge is 0.251 e. The lowest BCUT2D eigenvalue weighted by Crippen LogP contribution is -2.48. The summed E-state index contributed by atoms with van der Waals surface area (Å²) in [6.45, 7) is -0.0489. The first kappa shape index (κ1) is 18.5. The number of amides is 2. The summed E-state index contributed by atoms with van der Waals surface area (Å²) < 4.78 is 0.813. The van der Waals surface area contributed by atoms with Crippen LogP contribution in [0.1, 0.15) is 48.9 Å². The fourth-order valence-electron chi connectivity index (χ4n) is 3.11. The van der Waals surface area contributed by atoms with E-state index in [2.05, 4.69) is 26.6 Å². The summed E-state index contributed by atoms with van der Waals surface area (Å²) in [5, 5.41) is 14.1. The number of rotatable bonds is 6. The zero-order valence-electron chi connectivity index (χ0n) is 13.6. The molecule has 1 atom stereocenters. The van der Waals surface area contributed by atoms with Crippen LogP contribution in [0.2, 0.25) is 0 Å². The standard InChI is InChI=1S/C18H22BrN3O2/c19-15-8-4-7-14(12-15)17(23)22-16(18(24)21-10-9-20)11-13-5-2-1-3-6-13/h4,7-8,12-13,16H,1-3,5-6,10-11H2,(H,21,24)(H,22,23)/t16-/m0/s1. The molecule has 2 N–H and O–H groups in total. The van der Waals surface area contributed by atoms with Gasteiger partial charge < -0.3 is 10.6 Å². The molecule has 0 aromatic heterocycles. The third kappa shape index (κ3) is 5.64. The molecule has 0 radical (unpaired) electrons. The third-order valence-corrected chi connectivity index (χ3v) is 4.84. The van der Waals surface area contributed by atoms with E-state index >= 15 is 0 Å². The number of nitrogens with zero attached hydrogens (tertiary/aromatic N) is 1. The predicted molar refractivity (Wildman–Crippen MR) is 95.2 cm³/mol. The Morgan fingerprint density at radius 3 is 2.71 bits per heavy atom. The minimum Gasteiger partial charge on any atom is -0.341 e. The van der Waals surface area contributed by atoms with Gasteiger partial charge in [0.15, 0.2) is 0 Å². The van der Waals surface area contributed by atoms with Crippen LogP contribution in [-0.2, 0) is 4.79 Å².